The maximum absolute atomic E-state index is 12.5. The lowest BCUT2D eigenvalue weighted by Gasteiger charge is -2.17. The highest BCUT2D eigenvalue weighted by molar-refractivity contribution is 6.36. The van der Waals surface area contributed by atoms with E-state index >= 15 is 0 Å². The summed E-state index contributed by atoms with van der Waals surface area (Å²) in [7, 11) is 0. The van der Waals surface area contributed by atoms with Crippen LogP contribution in [-0.2, 0) is 6.42 Å². The summed E-state index contributed by atoms with van der Waals surface area (Å²) in [6.45, 7) is 0.624. The van der Waals surface area contributed by atoms with Gasteiger partial charge in [-0.2, -0.15) is 0 Å². The predicted octanol–water partition coefficient (Wildman–Crippen LogP) is 3.51. The second-order valence-electron chi connectivity index (χ2n) is 4.83. The highest BCUT2D eigenvalue weighted by Crippen LogP contribution is 2.25. The van der Waals surface area contributed by atoms with Crippen molar-refractivity contribution in [3.63, 3.8) is 0 Å². The van der Waals surface area contributed by atoms with Crippen LogP contribution in [0.1, 0.15) is 31.8 Å². The Labute approximate surface area is 131 Å². The normalized spacial score (nSPS) is 13.5. The van der Waals surface area contributed by atoms with E-state index in [4.69, 9.17) is 23.2 Å². The van der Waals surface area contributed by atoms with Crippen LogP contribution in [0.2, 0.25) is 10.0 Å². The van der Waals surface area contributed by atoms with Crippen molar-refractivity contribution in [2.45, 2.75) is 6.42 Å². The molecule has 1 N–H and O–H groups in total. The smallest absolute Gasteiger partial charge is 0.251 e. The Morgan fingerprint density at radius 2 is 1.90 bits per heavy atom. The number of rotatable bonds is 2. The zero-order valence-corrected chi connectivity index (χ0v) is 12.5. The largest absolute Gasteiger partial charge is 0.352 e. The van der Waals surface area contributed by atoms with Crippen LogP contribution in [0.4, 0.5) is 0 Å². The van der Waals surface area contributed by atoms with Gasteiger partial charge in [0, 0.05) is 28.3 Å². The van der Waals surface area contributed by atoms with Gasteiger partial charge in [-0.05, 0) is 36.2 Å². The van der Waals surface area contributed by atoms with E-state index in [1.165, 1.54) is 6.07 Å². The molecule has 1 heterocycles. The molecule has 0 saturated heterocycles. The molecule has 0 bridgehead atoms. The maximum Gasteiger partial charge on any atom is 0.251 e. The third-order valence-corrected chi connectivity index (χ3v) is 4.03. The van der Waals surface area contributed by atoms with Gasteiger partial charge in [-0.15, -0.1) is 0 Å². The molecule has 0 unspecified atom stereocenters. The van der Waals surface area contributed by atoms with E-state index in [0.29, 0.717) is 33.3 Å². The van der Waals surface area contributed by atoms with Crippen molar-refractivity contribution in [3.8, 4) is 0 Å². The lowest BCUT2D eigenvalue weighted by atomic mass is 9.94. The van der Waals surface area contributed by atoms with Gasteiger partial charge in [-0.3, -0.25) is 9.59 Å². The Hall–Kier alpha value is -1.84. The van der Waals surface area contributed by atoms with E-state index in [9.17, 15) is 9.59 Å². The van der Waals surface area contributed by atoms with Gasteiger partial charge in [0.25, 0.3) is 5.91 Å². The number of nitrogens with one attached hydrogen (secondary N) is 1. The molecule has 106 valence electrons. The molecule has 0 aliphatic carbocycles. The number of carbonyl (C=O) groups is 2. The maximum atomic E-state index is 12.5. The molecule has 5 heteroatoms. The molecule has 0 spiro atoms. The van der Waals surface area contributed by atoms with Crippen molar-refractivity contribution >= 4 is 34.9 Å². The average Bonchev–Trinajstić information content (AvgIpc) is 2.49. The van der Waals surface area contributed by atoms with Crippen LogP contribution in [-0.4, -0.2) is 18.2 Å². The van der Waals surface area contributed by atoms with Gasteiger partial charge in [-0.25, -0.2) is 0 Å². The van der Waals surface area contributed by atoms with Gasteiger partial charge in [0.2, 0.25) is 0 Å². The Kier molecular flexibility index (Phi) is 3.70. The topological polar surface area (TPSA) is 46.2 Å². The second-order valence-corrected chi connectivity index (χ2v) is 5.67. The fourth-order valence-corrected chi connectivity index (χ4v) is 2.76. The first kappa shape index (κ1) is 14.1. The van der Waals surface area contributed by atoms with Crippen LogP contribution in [0, 0.1) is 0 Å². The minimum absolute atomic E-state index is 0.150. The van der Waals surface area contributed by atoms with Crippen LogP contribution in [0.3, 0.4) is 0 Å². The molecule has 21 heavy (non-hydrogen) atoms. The van der Waals surface area contributed by atoms with E-state index in [1.807, 2.05) is 6.07 Å². The standard InChI is InChI=1S/C16H11Cl2NO2/c17-11-3-4-14(18)13(8-11)15(20)10-2-1-9-5-6-19-16(21)12(9)7-10/h1-4,7-8H,5-6H2,(H,19,21). The molecule has 1 aliphatic heterocycles. The summed E-state index contributed by atoms with van der Waals surface area (Å²) in [5.41, 5.74) is 2.26. The van der Waals surface area contributed by atoms with E-state index in [-0.39, 0.29) is 11.7 Å². The van der Waals surface area contributed by atoms with Crippen molar-refractivity contribution in [2.75, 3.05) is 6.54 Å². The van der Waals surface area contributed by atoms with Crippen LogP contribution in [0.5, 0.6) is 0 Å². The zero-order chi connectivity index (χ0) is 15.0. The quantitative estimate of drug-likeness (QED) is 0.861. The number of halogens is 2. The molecular formula is C16H11Cl2NO2. The number of carbonyl (C=O) groups excluding carboxylic acids is 2. The molecule has 1 aliphatic rings. The Morgan fingerprint density at radius 1 is 1.10 bits per heavy atom. The highest BCUT2D eigenvalue weighted by Gasteiger charge is 2.20. The number of benzene rings is 2. The number of fused-ring (bicyclic) bond motifs is 1. The Balaban J connectivity index is 2.04. The summed E-state index contributed by atoms with van der Waals surface area (Å²) in [6, 6.07) is 9.90. The van der Waals surface area contributed by atoms with Crippen molar-refractivity contribution in [3.05, 3.63) is 68.7 Å². The summed E-state index contributed by atoms with van der Waals surface area (Å²) >= 11 is 12.0. The molecule has 0 aromatic heterocycles. The number of ketones is 1. The van der Waals surface area contributed by atoms with Gasteiger partial charge in [-0.1, -0.05) is 35.3 Å². The van der Waals surface area contributed by atoms with Crippen LogP contribution in [0.25, 0.3) is 0 Å². The molecule has 0 atom stereocenters. The SMILES string of the molecule is O=C(c1ccc2c(c1)C(=O)NCC2)c1cc(Cl)ccc1Cl. The van der Waals surface area contributed by atoms with Crippen LogP contribution >= 0.6 is 23.2 Å². The second kappa shape index (κ2) is 5.51. The van der Waals surface area contributed by atoms with Gasteiger partial charge in [0.15, 0.2) is 5.78 Å². The van der Waals surface area contributed by atoms with Gasteiger partial charge in [0.05, 0.1) is 5.02 Å². The molecule has 0 saturated carbocycles. The summed E-state index contributed by atoms with van der Waals surface area (Å²) in [4.78, 5) is 24.4. The summed E-state index contributed by atoms with van der Waals surface area (Å²) in [6.07, 6.45) is 0.771. The first-order valence-corrected chi connectivity index (χ1v) is 7.23. The number of amides is 1. The van der Waals surface area contributed by atoms with Gasteiger partial charge < -0.3 is 5.32 Å². The highest BCUT2D eigenvalue weighted by atomic mass is 35.5. The molecule has 3 rings (SSSR count). The summed E-state index contributed by atoms with van der Waals surface area (Å²) in [5, 5.41) is 3.55. The van der Waals surface area contributed by atoms with Crippen LogP contribution in [0.15, 0.2) is 36.4 Å². The molecule has 2 aromatic rings. The van der Waals surface area contributed by atoms with Gasteiger partial charge >= 0.3 is 0 Å². The van der Waals surface area contributed by atoms with Crippen molar-refractivity contribution < 1.29 is 9.59 Å². The number of hydrogen-bond acceptors (Lipinski definition) is 2. The molecule has 2 aromatic carbocycles. The van der Waals surface area contributed by atoms with Gasteiger partial charge in [0.1, 0.15) is 0 Å². The van der Waals surface area contributed by atoms with E-state index in [2.05, 4.69) is 5.32 Å². The molecular weight excluding hydrogens is 309 g/mol. The first-order valence-electron chi connectivity index (χ1n) is 6.47. The third-order valence-electron chi connectivity index (χ3n) is 3.47. The summed E-state index contributed by atoms with van der Waals surface area (Å²) < 4.78 is 0. The Bertz CT molecular complexity index is 756. The molecule has 0 radical (unpaired) electrons. The van der Waals surface area contributed by atoms with Crippen molar-refractivity contribution in [2.24, 2.45) is 0 Å². The average molecular weight is 320 g/mol. The van der Waals surface area contributed by atoms with E-state index < -0.39 is 0 Å². The fourth-order valence-electron chi connectivity index (χ4n) is 2.38. The number of hydrogen-bond donors (Lipinski definition) is 1. The lowest BCUT2D eigenvalue weighted by molar-refractivity contribution is 0.0946. The molecule has 0 fully saturated rings. The lowest BCUT2D eigenvalue weighted by Crippen LogP contribution is -2.32. The van der Waals surface area contributed by atoms with Crippen molar-refractivity contribution in [1.29, 1.82) is 0 Å². The zero-order valence-electron chi connectivity index (χ0n) is 11.0. The Morgan fingerprint density at radius 3 is 2.71 bits per heavy atom. The molecule has 1 amide bonds. The third kappa shape index (κ3) is 2.67. The minimum atomic E-state index is -0.247. The summed E-state index contributed by atoms with van der Waals surface area (Å²) in [5.74, 6) is -0.397. The first-order chi connectivity index (χ1) is 10.1. The van der Waals surface area contributed by atoms with Crippen LogP contribution < -0.4 is 5.32 Å². The van der Waals surface area contributed by atoms with E-state index in [0.717, 1.165) is 12.0 Å². The van der Waals surface area contributed by atoms with Crippen molar-refractivity contribution in [1.82, 2.24) is 5.32 Å². The fraction of sp³-hybridized carbons (Fsp3) is 0.125. The predicted molar refractivity (Wildman–Crippen MR) is 82.4 cm³/mol. The minimum Gasteiger partial charge on any atom is -0.352 e. The van der Waals surface area contributed by atoms with E-state index in [1.54, 1.807) is 24.3 Å². The molecule has 3 nitrogen and oxygen atoms in total. The monoisotopic (exact) mass is 319 g/mol.